The fraction of sp³-hybridized carbons (Fsp3) is 0.174. The van der Waals surface area contributed by atoms with E-state index < -0.39 is 10.0 Å². The minimum absolute atomic E-state index is 0.107. The molecule has 0 unspecified atom stereocenters. The van der Waals surface area contributed by atoms with Crippen molar-refractivity contribution in [3.63, 3.8) is 0 Å². The average molecular weight is 425 g/mol. The van der Waals surface area contributed by atoms with Gasteiger partial charge in [-0.3, -0.25) is 9.52 Å². The molecule has 0 aromatic heterocycles. The zero-order valence-corrected chi connectivity index (χ0v) is 17.9. The largest absolute Gasteiger partial charge is 0.483 e. The third kappa shape index (κ3) is 5.39. The van der Waals surface area contributed by atoms with Crippen molar-refractivity contribution in [3.8, 4) is 5.75 Å². The van der Waals surface area contributed by atoms with Crippen molar-refractivity contribution in [3.05, 3.63) is 83.4 Å². The molecule has 0 saturated heterocycles. The Hall–Kier alpha value is -3.32. The summed E-state index contributed by atoms with van der Waals surface area (Å²) in [6.07, 6.45) is 0. The summed E-state index contributed by atoms with van der Waals surface area (Å²) in [6.45, 7) is 5.56. The van der Waals surface area contributed by atoms with Gasteiger partial charge in [0.25, 0.3) is 15.9 Å². The van der Waals surface area contributed by atoms with E-state index in [0.29, 0.717) is 17.1 Å². The van der Waals surface area contributed by atoms with Crippen LogP contribution < -0.4 is 14.8 Å². The number of ether oxygens (including phenoxy) is 1. The Morgan fingerprint density at radius 1 is 0.900 bits per heavy atom. The lowest BCUT2D eigenvalue weighted by atomic mass is 10.1. The third-order valence-electron chi connectivity index (χ3n) is 4.54. The summed E-state index contributed by atoms with van der Waals surface area (Å²) in [5, 5.41) is 2.70. The number of rotatable bonds is 7. The van der Waals surface area contributed by atoms with Crippen molar-refractivity contribution in [2.24, 2.45) is 0 Å². The molecular formula is C23H24N2O4S. The Bertz CT molecular complexity index is 1160. The molecule has 0 fully saturated rings. The van der Waals surface area contributed by atoms with Crippen LogP contribution in [0.2, 0.25) is 0 Å². The first-order valence-corrected chi connectivity index (χ1v) is 10.9. The molecule has 0 atom stereocenters. The van der Waals surface area contributed by atoms with Crippen LogP contribution in [0.4, 0.5) is 11.4 Å². The molecule has 156 valence electrons. The fourth-order valence-electron chi connectivity index (χ4n) is 2.81. The van der Waals surface area contributed by atoms with Gasteiger partial charge in [-0.1, -0.05) is 30.3 Å². The fourth-order valence-corrected chi connectivity index (χ4v) is 3.94. The zero-order valence-electron chi connectivity index (χ0n) is 17.1. The molecule has 1 amide bonds. The van der Waals surface area contributed by atoms with Gasteiger partial charge in [-0.25, -0.2) is 8.42 Å². The van der Waals surface area contributed by atoms with Crippen LogP contribution in [0.1, 0.15) is 16.7 Å². The topological polar surface area (TPSA) is 84.5 Å². The van der Waals surface area contributed by atoms with E-state index in [4.69, 9.17) is 4.74 Å². The van der Waals surface area contributed by atoms with E-state index in [9.17, 15) is 13.2 Å². The smallest absolute Gasteiger partial charge is 0.262 e. The Morgan fingerprint density at radius 2 is 1.60 bits per heavy atom. The van der Waals surface area contributed by atoms with Gasteiger partial charge in [0, 0.05) is 5.69 Å². The molecular weight excluding hydrogens is 400 g/mol. The second kappa shape index (κ2) is 9.00. The van der Waals surface area contributed by atoms with E-state index >= 15 is 0 Å². The molecule has 0 saturated carbocycles. The Morgan fingerprint density at radius 3 is 2.30 bits per heavy atom. The van der Waals surface area contributed by atoms with Gasteiger partial charge in [0.1, 0.15) is 5.75 Å². The minimum Gasteiger partial charge on any atom is -0.483 e. The lowest BCUT2D eigenvalue weighted by Gasteiger charge is -2.12. The molecule has 3 aromatic rings. The molecule has 0 radical (unpaired) electrons. The van der Waals surface area contributed by atoms with Crippen molar-refractivity contribution in [2.75, 3.05) is 16.6 Å². The van der Waals surface area contributed by atoms with Crippen molar-refractivity contribution in [1.82, 2.24) is 0 Å². The Kier molecular flexibility index (Phi) is 6.42. The highest BCUT2D eigenvalue weighted by Gasteiger charge is 2.15. The van der Waals surface area contributed by atoms with Crippen LogP contribution in [-0.2, 0) is 14.8 Å². The maximum Gasteiger partial charge on any atom is 0.262 e. The number of nitrogens with one attached hydrogen (secondary N) is 2. The van der Waals surface area contributed by atoms with Gasteiger partial charge in [-0.15, -0.1) is 0 Å². The van der Waals surface area contributed by atoms with Gasteiger partial charge >= 0.3 is 0 Å². The zero-order chi connectivity index (χ0) is 21.7. The molecule has 30 heavy (non-hydrogen) atoms. The van der Waals surface area contributed by atoms with Crippen LogP contribution in [0.5, 0.6) is 5.75 Å². The molecule has 0 aliphatic carbocycles. The molecule has 0 aliphatic rings. The van der Waals surface area contributed by atoms with Crippen LogP contribution in [0.25, 0.3) is 0 Å². The normalized spacial score (nSPS) is 11.0. The van der Waals surface area contributed by atoms with Gasteiger partial charge < -0.3 is 10.1 Å². The highest BCUT2D eigenvalue weighted by molar-refractivity contribution is 7.92. The predicted molar refractivity (Wildman–Crippen MR) is 118 cm³/mol. The molecule has 3 rings (SSSR count). The summed E-state index contributed by atoms with van der Waals surface area (Å²) in [5.74, 6) is 0.332. The molecule has 6 nitrogen and oxygen atoms in total. The van der Waals surface area contributed by atoms with E-state index in [-0.39, 0.29) is 17.4 Å². The van der Waals surface area contributed by atoms with Gasteiger partial charge in [-0.2, -0.15) is 0 Å². The van der Waals surface area contributed by atoms with Crippen LogP contribution in [0.15, 0.2) is 71.6 Å². The summed E-state index contributed by atoms with van der Waals surface area (Å²) in [5.41, 5.74) is 3.84. The molecule has 2 N–H and O–H groups in total. The molecule has 0 bridgehead atoms. The number of sulfonamides is 1. The number of carbonyl (C=O) groups excluding carboxylic acids is 1. The number of carbonyl (C=O) groups is 1. The first-order valence-electron chi connectivity index (χ1n) is 9.43. The van der Waals surface area contributed by atoms with Crippen LogP contribution in [0.3, 0.4) is 0 Å². The van der Waals surface area contributed by atoms with E-state index in [1.165, 1.54) is 12.1 Å². The van der Waals surface area contributed by atoms with Gasteiger partial charge in [0.15, 0.2) is 6.61 Å². The maximum absolute atomic E-state index is 12.6. The highest BCUT2D eigenvalue weighted by atomic mass is 32.2. The second-order valence-corrected chi connectivity index (χ2v) is 8.73. The Balaban J connectivity index is 1.61. The number of aryl methyl sites for hydroxylation is 3. The van der Waals surface area contributed by atoms with Gasteiger partial charge in [0.05, 0.1) is 10.6 Å². The standard InChI is InChI=1S/C23H24N2O4S/c1-16-8-9-18(3)22(14-16)29-15-23(26)24-19-10-12-20(13-11-19)30(27,28)25-21-7-5-4-6-17(21)2/h4-14,25H,15H2,1-3H3,(H,24,26). The molecule has 3 aromatic carbocycles. The van der Waals surface area contributed by atoms with Gasteiger partial charge in [0.2, 0.25) is 0 Å². The number of benzene rings is 3. The molecule has 0 heterocycles. The van der Waals surface area contributed by atoms with Crippen molar-refractivity contribution in [2.45, 2.75) is 25.7 Å². The van der Waals surface area contributed by atoms with Crippen molar-refractivity contribution >= 4 is 27.3 Å². The summed E-state index contributed by atoms with van der Waals surface area (Å²) in [4.78, 5) is 12.3. The van der Waals surface area contributed by atoms with E-state index in [2.05, 4.69) is 10.0 Å². The third-order valence-corrected chi connectivity index (χ3v) is 5.92. The number of hydrogen-bond donors (Lipinski definition) is 2. The van der Waals surface area contributed by atoms with Crippen molar-refractivity contribution in [1.29, 1.82) is 0 Å². The van der Waals surface area contributed by atoms with Crippen molar-refractivity contribution < 1.29 is 17.9 Å². The first-order chi connectivity index (χ1) is 14.2. The predicted octanol–water partition coefficient (Wildman–Crippen LogP) is 4.43. The first kappa shape index (κ1) is 21.4. The summed E-state index contributed by atoms with van der Waals surface area (Å²) < 4.78 is 33.3. The van der Waals surface area contributed by atoms with E-state index in [1.54, 1.807) is 24.3 Å². The highest BCUT2D eigenvalue weighted by Crippen LogP contribution is 2.21. The number of amides is 1. The Labute approximate surface area is 177 Å². The SMILES string of the molecule is Cc1ccc(C)c(OCC(=O)Nc2ccc(S(=O)(=O)Nc3ccccc3C)cc2)c1. The summed E-state index contributed by atoms with van der Waals surface area (Å²) >= 11 is 0. The number of hydrogen-bond acceptors (Lipinski definition) is 4. The minimum atomic E-state index is -3.72. The molecule has 0 aliphatic heterocycles. The monoisotopic (exact) mass is 424 g/mol. The summed E-state index contributed by atoms with van der Waals surface area (Å²) in [6, 6.07) is 18.9. The van der Waals surface area contributed by atoms with E-state index in [1.807, 2.05) is 51.1 Å². The number of para-hydroxylation sites is 1. The quantitative estimate of drug-likeness (QED) is 0.588. The summed E-state index contributed by atoms with van der Waals surface area (Å²) in [7, 11) is -3.72. The van der Waals surface area contributed by atoms with Gasteiger partial charge in [-0.05, 0) is 73.9 Å². The molecule has 7 heteroatoms. The average Bonchev–Trinajstić information content (AvgIpc) is 2.71. The maximum atomic E-state index is 12.6. The van der Waals surface area contributed by atoms with Crippen LogP contribution >= 0.6 is 0 Å². The second-order valence-electron chi connectivity index (χ2n) is 7.05. The lowest BCUT2D eigenvalue weighted by molar-refractivity contribution is -0.118. The molecule has 0 spiro atoms. The van der Waals surface area contributed by atoms with Crippen LogP contribution in [0, 0.1) is 20.8 Å². The van der Waals surface area contributed by atoms with E-state index in [0.717, 1.165) is 16.7 Å². The van der Waals surface area contributed by atoms with Crippen LogP contribution in [-0.4, -0.2) is 20.9 Å². The lowest BCUT2D eigenvalue weighted by Crippen LogP contribution is -2.20. The number of anilines is 2.